The molecule has 0 bridgehead atoms. The van der Waals surface area contributed by atoms with Crippen molar-refractivity contribution in [3.63, 3.8) is 0 Å². The maximum atomic E-state index is 12.7. The van der Waals surface area contributed by atoms with Crippen LogP contribution in [-0.2, 0) is 14.3 Å². The summed E-state index contributed by atoms with van der Waals surface area (Å²) in [4.78, 5) is 22.7. The van der Waals surface area contributed by atoms with Crippen LogP contribution in [0.4, 0.5) is 4.39 Å². The average Bonchev–Trinajstić information content (AvgIpc) is 2.29. The van der Waals surface area contributed by atoms with E-state index >= 15 is 0 Å². The molecule has 0 amide bonds. The molecule has 0 saturated heterocycles. The lowest BCUT2D eigenvalue weighted by Crippen LogP contribution is -2.17. The molecule has 1 aromatic carbocycles. The molecule has 0 fully saturated rings. The van der Waals surface area contributed by atoms with Crippen molar-refractivity contribution in [1.29, 1.82) is 0 Å². The Morgan fingerprint density at radius 2 is 1.76 bits per heavy atom. The first kappa shape index (κ1) is 12.9. The minimum atomic E-state index is -0.806. The number of methoxy groups -OCH3 is 1. The van der Waals surface area contributed by atoms with Gasteiger partial charge in [0.1, 0.15) is 11.4 Å². The lowest BCUT2D eigenvalue weighted by Gasteiger charge is -2.07. The van der Waals surface area contributed by atoms with E-state index in [0.29, 0.717) is 5.56 Å². The molecule has 0 aliphatic carbocycles. The zero-order chi connectivity index (χ0) is 13.0. The van der Waals surface area contributed by atoms with Crippen molar-refractivity contribution in [1.82, 2.24) is 0 Å². The van der Waals surface area contributed by atoms with Crippen molar-refractivity contribution >= 4 is 17.4 Å². The van der Waals surface area contributed by atoms with Crippen molar-refractivity contribution in [2.75, 3.05) is 7.11 Å². The highest BCUT2D eigenvalue weighted by Crippen LogP contribution is 2.16. The largest absolute Gasteiger partial charge is 0.465 e. The number of Topliss-reactive ketones (excluding diaryl/α,β-unsaturated/α-hetero) is 1. The number of benzene rings is 1. The van der Waals surface area contributed by atoms with Crippen LogP contribution in [0.3, 0.4) is 0 Å². The Labute approximate surface area is 97.9 Å². The van der Waals surface area contributed by atoms with E-state index < -0.39 is 17.6 Å². The SMILES string of the molecule is COC(=O)/C(C(C)=O)=C(/N)c1ccc(F)cc1. The van der Waals surface area contributed by atoms with Crippen molar-refractivity contribution in [2.24, 2.45) is 5.73 Å². The number of ether oxygens (including phenoxy) is 1. The fourth-order valence-electron chi connectivity index (χ4n) is 1.32. The Kier molecular flexibility index (Phi) is 3.98. The van der Waals surface area contributed by atoms with Gasteiger partial charge in [0.05, 0.1) is 12.8 Å². The summed E-state index contributed by atoms with van der Waals surface area (Å²) < 4.78 is 17.2. The molecule has 0 aromatic heterocycles. The van der Waals surface area contributed by atoms with Gasteiger partial charge in [-0.15, -0.1) is 0 Å². The summed E-state index contributed by atoms with van der Waals surface area (Å²) in [6, 6.07) is 5.15. The van der Waals surface area contributed by atoms with Gasteiger partial charge in [-0.1, -0.05) is 0 Å². The van der Waals surface area contributed by atoms with E-state index in [1.165, 1.54) is 31.2 Å². The van der Waals surface area contributed by atoms with Gasteiger partial charge in [-0.2, -0.15) is 0 Å². The Balaban J connectivity index is 3.29. The van der Waals surface area contributed by atoms with Crippen LogP contribution in [0.2, 0.25) is 0 Å². The third kappa shape index (κ3) is 2.90. The summed E-state index contributed by atoms with van der Waals surface area (Å²) in [5, 5.41) is 0. The first-order chi connectivity index (χ1) is 7.97. The molecule has 0 saturated carbocycles. The summed E-state index contributed by atoms with van der Waals surface area (Å²) in [5.41, 5.74) is 5.83. The number of rotatable bonds is 3. The number of hydrogen-bond donors (Lipinski definition) is 1. The first-order valence-corrected chi connectivity index (χ1v) is 4.82. The summed E-state index contributed by atoms with van der Waals surface area (Å²) >= 11 is 0. The molecule has 0 radical (unpaired) electrons. The molecule has 17 heavy (non-hydrogen) atoms. The van der Waals surface area contributed by atoms with Crippen LogP contribution in [0.15, 0.2) is 29.8 Å². The van der Waals surface area contributed by atoms with Gasteiger partial charge in [-0.25, -0.2) is 9.18 Å². The maximum absolute atomic E-state index is 12.7. The highest BCUT2D eigenvalue weighted by atomic mass is 19.1. The Morgan fingerprint density at radius 1 is 1.24 bits per heavy atom. The summed E-state index contributed by atoms with van der Waals surface area (Å²) in [7, 11) is 1.16. The molecule has 1 aromatic rings. The lowest BCUT2D eigenvalue weighted by atomic mass is 10.0. The Hall–Kier alpha value is -2.17. The van der Waals surface area contributed by atoms with E-state index in [1.54, 1.807) is 0 Å². The normalized spacial score (nSPS) is 11.7. The third-order valence-corrected chi connectivity index (χ3v) is 2.17. The lowest BCUT2D eigenvalue weighted by molar-refractivity contribution is -0.137. The van der Waals surface area contributed by atoms with E-state index in [4.69, 9.17) is 5.73 Å². The Bertz CT molecular complexity index is 477. The minimum Gasteiger partial charge on any atom is -0.465 e. The molecule has 5 heteroatoms. The molecule has 90 valence electrons. The summed E-state index contributed by atoms with van der Waals surface area (Å²) in [5.74, 6) is -1.73. The number of ketones is 1. The van der Waals surface area contributed by atoms with E-state index in [9.17, 15) is 14.0 Å². The van der Waals surface area contributed by atoms with Gasteiger partial charge in [0.25, 0.3) is 0 Å². The van der Waals surface area contributed by atoms with Crippen molar-refractivity contribution in [2.45, 2.75) is 6.92 Å². The van der Waals surface area contributed by atoms with Crippen LogP contribution in [-0.4, -0.2) is 18.9 Å². The molecule has 2 N–H and O–H groups in total. The quantitative estimate of drug-likeness (QED) is 0.372. The topological polar surface area (TPSA) is 69.4 Å². The maximum Gasteiger partial charge on any atom is 0.343 e. The van der Waals surface area contributed by atoms with Gasteiger partial charge in [0.15, 0.2) is 5.78 Å². The smallest absolute Gasteiger partial charge is 0.343 e. The number of carbonyl (C=O) groups is 2. The third-order valence-electron chi connectivity index (χ3n) is 2.17. The second-order valence-corrected chi connectivity index (χ2v) is 3.34. The van der Waals surface area contributed by atoms with E-state index in [0.717, 1.165) is 7.11 Å². The number of halogens is 1. The van der Waals surface area contributed by atoms with Gasteiger partial charge in [0.2, 0.25) is 0 Å². The van der Waals surface area contributed by atoms with Crippen LogP contribution in [0.25, 0.3) is 5.70 Å². The van der Waals surface area contributed by atoms with Crippen molar-refractivity contribution < 1.29 is 18.7 Å². The van der Waals surface area contributed by atoms with Gasteiger partial charge in [-0.3, -0.25) is 4.79 Å². The van der Waals surface area contributed by atoms with Crippen molar-refractivity contribution in [3.8, 4) is 0 Å². The molecule has 0 atom stereocenters. The highest BCUT2D eigenvalue weighted by Gasteiger charge is 2.20. The molecule has 0 aliphatic rings. The molecule has 4 nitrogen and oxygen atoms in total. The monoisotopic (exact) mass is 237 g/mol. The fourth-order valence-corrected chi connectivity index (χ4v) is 1.32. The van der Waals surface area contributed by atoms with E-state index in [2.05, 4.69) is 4.74 Å². The molecule has 0 spiro atoms. The second-order valence-electron chi connectivity index (χ2n) is 3.34. The van der Waals surface area contributed by atoms with Gasteiger partial charge in [-0.05, 0) is 36.8 Å². The van der Waals surface area contributed by atoms with Gasteiger partial charge >= 0.3 is 5.97 Å². The van der Waals surface area contributed by atoms with Crippen LogP contribution in [0, 0.1) is 5.82 Å². The molecule has 1 rings (SSSR count). The average molecular weight is 237 g/mol. The van der Waals surface area contributed by atoms with Crippen LogP contribution in [0.1, 0.15) is 12.5 Å². The molecule has 0 unspecified atom stereocenters. The van der Waals surface area contributed by atoms with E-state index in [-0.39, 0.29) is 11.3 Å². The molecular weight excluding hydrogens is 225 g/mol. The fraction of sp³-hybridized carbons (Fsp3) is 0.167. The van der Waals surface area contributed by atoms with E-state index in [1.807, 2.05) is 0 Å². The van der Waals surface area contributed by atoms with Gasteiger partial charge < -0.3 is 10.5 Å². The highest BCUT2D eigenvalue weighted by molar-refractivity contribution is 6.21. The summed E-state index contributed by atoms with van der Waals surface area (Å²) in [6.45, 7) is 1.21. The molecule has 0 heterocycles. The van der Waals surface area contributed by atoms with Crippen LogP contribution < -0.4 is 5.73 Å². The predicted molar refractivity (Wildman–Crippen MR) is 60.2 cm³/mol. The Morgan fingerprint density at radius 3 is 2.18 bits per heavy atom. The summed E-state index contributed by atoms with van der Waals surface area (Å²) in [6.07, 6.45) is 0. The zero-order valence-electron chi connectivity index (χ0n) is 9.49. The zero-order valence-corrected chi connectivity index (χ0v) is 9.49. The van der Waals surface area contributed by atoms with Crippen LogP contribution in [0.5, 0.6) is 0 Å². The number of nitrogens with two attached hydrogens (primary N) is 1. The number of hydrogen-bond acceptors (Lipinski definition) is 4. The minimum absolute atomic E-state index is 0.0237. The number of esters is 1. The molecular formula is C12H12FNO3. The van der Waals surface area contributed by atoms with Crippen LogP contribution >= 0.6 is 0 Å². The standard InChI is InChI=1S/C12H12FNO3/c1-7(15)10(12(16)17-2)11(14)8-3-5-9(13)6-4-8/h3-6H,14H2,1-2H3/b11-10+. The predicted octanol–water partition coefficient (Wildman–Crippen LogP) is 1.26. The van der Waals surface area contributed by atoms with Gasteiger partial charge in [0, 0.05) is 0 Å². The second kappa shape index (κ2) is 5.25. The van der Waals surface area contributed by atoms with Crippen molar-refractivity contribution in [3.05, 3.63) is 41.2 Å². The number of carbonyl (C=O) groups excluding carboxylic acids is 2. The first-order valence-electron chi connectivity index (χ1n) is 4.82. The molecule has 0 aliphatic heterocycles.